The molecule has 1 aromatic carbocycles. The second-order valence-corrected chi connectivity index (χ2v) is 4.09. The molecule has 21 heavy (non-hydrogen) atoms. The molecule has 1 unspecified atom stereocenters. The zero-order valence-electron chi connectivity index (χ0n) is 10.7. The number of rotatable bonds is 4. The fraction of sp³-hybridized carbons (Fsp3) is 0.333. The van der Waals surface area contributed by atoms with Crippen molar-refractivity contribution in [1.29, 1.82) is 0 Å². The van der Waals surface area contributed by atoms with Gasteiger partial charge in [0.2, 0.25) is 11.8 Å². The van der Waals surface area contributed by atoms with E-state index >= 15 is 0 Å². The van der Waals surface area contributed by atoms with E-state index in [4.69, 9.17) is 0 Å². The van der Waals surface area contributed by atoms with Crippen LogP contribution in [0.4, 0.5) is 22.0 Å². The maximum atomic E-state index is 13.5. The summed E-state index contributed by atoms with van der Waals surface area (Å²) in [6, 6.07) is -0.443. The van der Waals surface area contributed by atoms with Crippen molar-refractivity contribution in [2.45, 2.75) is 19.1 Å². The molecule has 1 atom stereocenters. The normalized spacial score (nSPS) is 12.7. The average Bonchev–Trinajstić information content (AvgIpc) is 2.36. The minimum atomic E-state index is -5.03. The van der Waals surface area contributed by atoms with Crippen LogP contribution in [0.5, 0.6) is 0 Å². The first-order valence-electron chi connectivity index (χ1n) is 5.67. The van der Waals surface area contributed by atoms with Gasteiger partial charge in [0.25, 0.3) is 0 Å². The first-order chi connectivity index (χ1) is 9.62. The van der Waals surface area contributed by atoms with Crippen molar-refractivity contribution in [3.63, 3.8) is 0 Å². The van der Waals surface area contributed by atoms with Crippen molar-refractivity contribution in [2.24, 2.45) is 0 Å². The van der Waals surface area contributed by atoms with Gasteiger partial charge in [-0.15, -0.1) is 0 Å². The molecule has 2 N–H and O–H groups in total. The second-order valence-electron chi connectivity index (χ2n) is 4.09. The van der Waals surface area contributed by atoms with Gasteiger partial charge in [-0.05, 0) is 6.07 Å². The largest absolute Gasteiger partial charge is 0.412 e. The third-order valence-electron chi connectivity index (χ3n) is 2.42. The minimum absolute atomic E-state index is 0.620. The lowest BCUT2D eigenvalue weighted by Crippen LogP contribution is -2.43. The second kappa shape index (κ2) is 6.51. The lowest BCUT2D eigenvalue weighted by molar-refractivity contribution is -0.163. The Kier molecular flexibility index (Phi) is 5.23. The summed E-state index contributed by atoms with van der Waals surface area (Å²) in [6.45, 7) is 0.361. The molecule has 0 aliphatic carbocycles. The van der Waals surface area contributed by atoms with Crippen LogP contribution in [-0.2, 0) is 9.59 Å². The molecule has 0 saturated heterocycles. The maximum Gasteiger partial charge on any atom is 0.412 e. The molecule has 116 valence electrons. The number of halogens is 5. The lowest BCUT2D eigenvalue weighted by atomic mass is 10.1. The number of carbonyl (C=O) groups excluding carboxylic acids is 2. The average molecular weight is 310 g/mol. The van der Waals surface area contributed by atoms with Gasteiger partial charge in [-0.1, -0.05) is 12.1 Å². The lowest BCUT2D eigenvalue weighted by Gasteiger charge is -2.22. The molecule has 1 aromatic rings. The van der Waals surface area contributed by atoms with Gasteiger partial charge >= 0.3 is 6.18 Å². The molecular weight excluding hydrogens is 299 g/mol. The van der Waals surface area contributed by atoms with Crippen LogP contribution in [0.3, 0.4) is 0 Å². The smallest absolute Gasteiger partial charge is 0.347 e. The van der Waals surface area contributed by atoms with Crippen LogP contribution in [0.15, 0.2) is 18.2 Å². The van der Waals surface area contributed by atoms with Crippen molar-refractivity contribution in [3.8, 4) is 0 Å². The van der Waals surface area contributed by atoms with Crippen molar-refractivity contribution in [2.75, 3.05) is 6.54 Å². The Balaban J connectivity index is 3.00. The quantitative estimate of drug-likeness (QED) is 0.834. The van der Waals surface area contributed by atoms with Crippen LogP contribution in [0.25, 0.3) is 0 Å². The van der Waals surface area contributed by atoms with Gasteiger partial charge in [0, 0.05) is 12.5 Å². The summed E-state index contributed by atoms with van der Waals surface area (Å²) in [4.78, 5) is 21.9. The first kappa shape index (κ1) is 16.9. The molecule has 1 rings (SSSR count). The highest BCUT2D eigenvalue weighted by molar-refractivity contribution is 5.83. The zero-order chi connectivity index (χ0) is 16.2. The standard InChI is InChI=1S/C12H11F5N2O2/c1-6(20)18-5-9(21)19-11(12(15,16)17)7-3-2-4-8(13)10(7)14/h2-4,11H,5H2,1H3,(H,18,20)(H,19,21). The van der Waals surface area contributed by atoms with Gasteiger partial charge in [-0.2, -0.15) is 13.2 Å². The van der Waals surface area contributed by atoms with E-state index in [0.29, 0.717) is 6.07 Å². The molecule has 2 amide bonds. The van der Waals surface area contributed by atoms with Gasteiger partial charge < -0.3 is 10.6 Å². The molecule has 0 bridgehead atoms. The summed E-state index contributed by atoms with van der Waals surface area (Å²) in [5, 5.41) is 3.50. The zero-order valence-corrected chi connectivity index (χ0v) is 10.7. The number of amides is 2. The van der Waals surface area contributed by atoms with Crippen molar-refractivity contribution in [3.05, 3.63) is 35.4 Å². The molecular formula is C12H11F5N2O2. The van der Waals surface area contributed by atoms with E-state index in [-0.39, 0.29) is 0 Å². The van der Waals surface area contributed by atoms with Crippen molar-refractivity contribution >= 4 is 11.8 Å². The molecule has 0 aromatic heterocycles. The molecule has 0 saturated carbocycles. The Morgan fingerprint density at radius 2 is 1.86 bits per heavy atom. The van der Waals surface area contributed by atoms with E-state index in [1.165, 1.54) is 5.32 Å². The van der Waals surface area contributed by atoms with E-state index in [9.17, 15) is 31.5 Å². The summed E-state index contributed by atoms with van der Waals surface area (Å²) < 4.78 is 65.1. The molecule has 0 fully saturated rings. The number of alkyl halides is 3. The van der Waals surface area contributed by atoms with Crippen LogP contribution in [0.1, 0.15) is 18.5 Å². The van der Waals surface area contributed by atoms with Crippen molar-refractivity contribution < 1.29 is 31.5 Å². The molecule has 0 heterocycles. The summed E-state index contributed by atoms with van der Waals surface area (Å²) in [7, 11) is 0. The minimum Gasteiger partial charge on any atom is -0.347 e. The monoisotopic (exact) mass is 310 g/mol. The molecule has 0 aliphatic rings. The third kappa shape index (κ3) is 4.69. The highest BCUT2D eigenvalue weighted by Gasteiger charge is 2.43. The van der Waals surface area contributed by atoms with Gasteiger partial charge in [0.1, 0.15) is 0 Å². The topological polar surface area (TPSA) is 58.2 Å². The molecule has 9 heteroatoms. The molecule has 0 spiro atoms. The van der Waals surface area contributed by atoms with Crippen LogP contribution >= 0.6 is 0 Å². The fourth-order valence-corrected chi connectivity index (χ4v) is 1.50. The first-order valence-corrected chi connectivity index (χ1v) is 5.67. The maximum absolute atomic E-state index is 13.5. The van der Waals surface area contributed by atoms with Crippen LogP contribution < -0.4 is 10.6 Å². The van der Waals surface area contributed by atoms with Gasteiger partial charge in [-0.25, -0.2) is 8.78 Å². The van der Waals surface area contributed by atoms with E-state index in [0.717, 1.165) is 19.1 Å². The predicted octanol–water partition coefficient (Wildman–Crippen LogP) is 1.82. The van der Waals surface area contributed by atoms with Gasteiger partial charge in [0.05, 0.1) is 6.54 Å². The predicted molar refractivity (Wildman–Crippen MR) is 62.0 cm³/mol. The van der Waals surface area contributed by atoms with Crippen LogP contribution in [-0.4, -0.2) is 24.5 Å². The summed E-state index contributed by atoms with van der Waals surface area (Å²) in [6.07, 6.45) is -5.03. The summed E-state index contributed by atoms with van der Waals surface area (Å²) >= 11 is 0. The van der Waals surface area contributed by atoms with E-state index < -0.39 is 47.8 Å². The van der Waals surface area contributed by atoms with Gasteiger partial charge in [-0.3, -0.25) is 9.59 Å². The SMILES string of the molecule is CC(=O)NCC(=O)NC(c1cccc(F)c1F)C(F)(F)F. The third-order valence-corrected chi connectivity index (χ3v) is 2.42. The number of carbonyl (C=O) groups is 2. The summed E-state index contributed by atoms with van der Waals surface area (Å²) in [5.41, 5.74) is -1.04. The van der Waals surface area contributed by atoms with Crippen LogP contribution in [0, 0.1) is 11.6 Å². The Morgan fingerprint density at radius 1 is 1.24 bits per heavy atom. The fourth-order valence-electron chi connectivity index (χ4n) is 1.50. The van der Waals surface area contributed by atoms with Crippen LogP contribution in [0.2, 0.25) is 0 Å². The Morgan fingerprint density at radius 3 is 2.38 bits per heavy atom. The molecule has 0 aliphatic heterocycles. The van der Waals surface area contributed by atoms with E-state index in [1.807, 2.05) is 5.32 Å². The number of hydrogen-bond acceptors (Lipinski definition) is 2. The molecule has 4 nitrogen and oxygen atoms in total. The van der Waals surface area contributed by atoms with E-state index in [1.54, 1.807) is 0 Å². The highest BCUT2D eigenvalue weighted by Crippen LogP contribution is 2.34. The van der Waals surface area contributed by atoms with E-state index in [2.05, 4.69) is 0 Å². The highest BCUT2D eigenvalue weighted by atomic mass is 19.4. The summed E-state index contributed by atoms with van der Waals surface area (Å²) in [5.74, 6) is -4.96. The number of hydrogen-bond donors (Lipinski definition) is 2. The Hall–Kier alpha value is -2.19. The number of benzene rings is 1. The Labute approximate surface area is 116 Å². The van der Waals surface area contributed by atoms with Gasteiger partial charge in [0.15, 0.2) is 17.7 Å². The van der Waals surface area contributed by atoms with Crippen molar-refractivity contribution in [1.82, 2.24) is 10.6 Å². The molecule has 0 radical (unpaired) electrons. The number of nitrogens with one attached hydrogen (secondary N) is 2. The Bertz CT molecular complexity index is 545.